The topological polar surface area (TPSA) is 89.3 Å². The highest BCUT2D eigenvalue weighted by atomic mass is 32.2. The maximum Gasteiger partial charge on any atom is 0.230 e. The predicted molar refractivity (Wildman–Crippen MR) is 86.1 cm³/mol. The standard InChI is InChI=1S/C14H20N2O3S2/c1-10-11(15)4-3-5-12(10)20-8-13(17)16-14(2)6-7-21(18,19)9-14/h3-5H,6-9,15H2,1-2H3,(H,16,17). The van der Waals surface area contributed by atoms with E-state index in [1.54, 1.807) is 6.92 Å². The molecule has 0 saturated carbocycles. The maximum atomic E-state index is 12.0. The lowest BCUT2D eigenvalue weighted by molar-refractivity contribution is -0.120. The lowest BCUT2D eigenvalue weighted by Gasteiger charge is -2.23. The molecule has 0 radical (unpaired) electrons. The molecule has 0 aliphatic carbocycles. The Labute approximate surface area is 129 Å². The second-order valence-corrected chi connectivity index (χ2v) is 8.91. The summed E-state index contributed by atoms with van der Waals surface area (Å²) in [6, 6.07) is 5.60. The monoisotopic (exact) mass is 328 g/mol. The van der Waals surface area contributed by atoms with Crippen LogP contribution in [0.25, 0.3) is 0 Å². The van der Waals surface area contributed by atoms with Gasteiger partial charge in [-0.05, 0) is 38.0 Å². The van der Waals surface area contributed by atoms with Crippen molar-refractivity contribution in [1.29, 1.82) is 0 Å². The third-order valence-corrected chi connectivity index (χ3v) is 6.69. The van der Waals surface area contributed by atoms with Gasteiger partial charge in [-0.25, -0.2) is 8.42 Å². The van der Waals surface area contributed by atoms with Gasteiger partial charge >= 0.3 is 0 Å². The maximum absolute atomic E-state index is 12.0. The molecule has 7 heteroatoms. The summed E-state index contributed by atoms with van der Waals surface area (Å²) in [4.78, 5) is 13.0. The van der Waals surface area contributed by atoms with E-state index < -0.39 is 15.4 Å². The fourth-order valence-electron chi connectivity index (χ4n) is 2.41. The van der Waals surface area contributed by atoms with Crippen LogP contribution in [0.5, 0.6) is 0 Å². The molecule has 116 valence electrons. The highest BCUT2D eigenvalue weighted by molar-refractivity contribution is 8.00. The fraction of sp³-hybridized carbons (Fsp3) is 0.500. The Morgan fingerprint density at radius 2 is 2.19 bits per heavy atom. The molecular formula is C14H20N2O3S2. The number of hydrogen-bond donors (Lipinski definition) is 2. The Bertz CT molecular complexity index is 658. The van der Waals surface area contributed by atoms with Crippen LogP contribution in [0.4, 0.5) is 5.69 Å². The summed E-state index contributed by atoms with van der Waals surface area (Å²) in [6.07, 6.45) is 0.475. The normalized spacial score (nSPS) is 23.9. The van der Waals surface area contributed by atoms with E-state index in [4.69, 9.17) is 5.73 Å². The quantitative estimate of drug-likeness (QED) is 0.643. The minimum Gasteiger partial charge on any atom is -0.398 e. The third-order valence-electron chi connectivity index (χ3n) is 3.63. The molecule has 1 unspecified atom stereocenters. The van der Waals surface area contributed by atoms with E-state index in [1.807, 2.05) is 25.1 Å². The first-order chi connectivity index (χ1) is 9.71. The van der Waals surface area contributed by atoms with Crippen LogP contribution in [0, 0.1) is 6.92 Å². The molecule has 1 heterocycles. The van der Waals surface area contributed by atoms with Crippen molar-refractivity contribution in [3.05, 3.63) is 23.8 Å². The summed E-state index contributed by atoms with van der Waals surface area (Å²) in [7, 11) is -3.02. The summed E-state index contributed by atoms with van der Waals surface area (Å²) in [5, 5.41) is 2.85. The Morgan fingerprint density at radius 1 is 1.48 bits per heavy atom. The highest BCUT2D eigenvalue weighted by Gasteiger charge is 2.39. The van der Waals surface area contributed by atoms with Gasteiger partial charge in [0, 0.05) is 10.6 Å². The van der Waals surface area contributed by atoms with Crippen molar-refractivity contribution in [2.45, 2.75) is 30.7 Å². The number of nitrogens with one attached hydrogen (secondary N) is 1. The first kappa shape index (κ1) is 16.2. The molecule has 1 aliphatic rings. The molecule has 1 fully saturated rings. The van der Waals surface area contributed by atoms with E-state index in [9.17, 15) is 13.2 Å². The molecule has 1 aromatic carbocycles. The van der Waals surface area contributed by atoms with Crippen LogP contribution in [0.1, 0.15) is 18.9 Å². The second-order valence-electron chi connectivity index (χ2n) is 5.71. The zero-order valence-corrected chi connectivity index (χ0v) is 13.8. The van der Waals surface area contributed by atoms with Gasteiger partial charge in [-0.1, -0.05) is 6.07 Å². The van der Waals surface area contributed by atoms with Crippen molar-refractivity contribution in [2.24, 2.45) is 0 Å². The number of thioether (sulfide) groups is 1. The molecule has 0 bridgehead atoms. The fourth-order valence-corrected chi connectivity index (χ4v) is 5.37. The smallest absolute Gasteiger partial charge is 0.230 e. The second kappa shape index (κ2) is 5.88. The SMILES string of the molecule is Cc1c(N)cccc1SCC(=O)NC1(C)CCS(=O)(=O)C1. The molecular weight excluding hydrogens is 308 g/mol. The minimum atomic E-state index is -3.02. The average molecular weight is 328 g/mol. The number of rotatable bonds is 4. The van der Waals surface area contributed by atoms with Gasteiger partial charge in [0.25, 0.3) is 0 Å². The van der Waals surface area contributed by atoms with Gasteiger partial charge in [0.1, 0.15) is 0 Å². The average Bonchev–Trinajstić information content (AvgIpc) is 2.65. The van der Waals surface area contributed by atoms with E-state index in [0.717, 1.165) is 10.5 Å². The van der Waals surface area contributed by atoms with Crippen LogP contribution in [-0.4, -0.2) is 37.1 Å². The van der Waals surface area contributed by atoms with E-state index >= 15 is 0 Å². The van der Waals surface area contributed by atoms with E-state index in [2.05, 4.69) is 5.32 Å². The van der Waals surface area contributed by atoms with Crippen molar-refractivity contribution < 1.29 is 13.2 Å². The number of amides is 1. The lowest BCUT2D eigenvalue weighted by Crippen LogP contribution is -2.47. The Kier molecular flexibility index (Phi) is 4.53. The van der Waals surface area contributed by atoms with Crippen molar-refractivity contribution in [3.8, 4) is 0 Å². The molecule has 3 N–H and O–H groups in total. The number of anilines is 1. The summed E-state index contributed by atoms with van der Waals surface area (Å²) in [5.41, 5.74) is 6.86. The molecule has 1 amide bonds. The van der Waals surface area contributed by atoms with Gasteiger partial charge in [0.2, 0.25) is 5.91 Å². The largest absolute Gasteiger partial charge is 0.398 e. The number of carbonyl (C=O) groups is 1. The molecule has 0 spiro atoms. The number of carbonyl (C=O) groups excluding carboxylic acids is 1. The first-order valence-corrected chi connectivity index (χ1v) is 9.51. The highest BCUT2D eigenvalue weighted by Crippen LogP contribution is 2.27. The summed E-state index contributed by atoms with van der Waals surface area (Å²) in [6.45, 7) is 3.70. The zero-order valence-electron chi connectivity index (χ0n) is 12.2. The van der Waals surface area contributed by atoms with Gasteiger partial charge in [-0.15, -0.1) is 11.8 Å². The van der Waals surface area contributed by atoms with Crippen molar-refractivity contribution in [2.75, 3.05) is 23.0 Å². The number of nitrogen functional groups attached to an aromatic ring is 1. The summed E-state index contributed by atoms with van der Waals surface area (Å²) < 4.78 is 23.0. The lowest BCUT2D eigenvalue weighted by atomic mass is 10.0. The van der Waals surface area contributed by atoms with Crippen molar-refractivity contribution >= 4 is 33.2 Å². The predicted octanol–water partition coefficient (Wildman–Crippen LogP) is 1.36. The number of sulfone groups is 1. The van der Waals surface area contributed by atoms with E-state index in [-0.39, 0.29) is 23.2 Å². The van der Waals surface area contributed by atoms with Gasteiger partial charge in [0.05, 0.1) is 22.8 Å². The van der Waals surface area contributed by atoms with E-state index in [1.165, 1.54) is 11.8 Å². The number of benzene rings is 1. The first-order valence-electron chi connectivity index (χ1n) is 6.70. The third kappa shape index (κ3) is 4.14. The molecule has 1 aliphatic heterocycles. The van der Waals surface area contributed by atoms with Crippen LogP contribution < -0.4 is 11.1 Å². The molecule has 2 rings (SSSR count). The van der Waals surface area contributed by atoms with Gasteiger partial charge in [-0.3, -0.25) is 4.79 Å². The van der Waals surface area contributed by atoms with Gasteiger partial charge < -0.3 is 11.1 Å². The molecule has 1 aromatic rings. The van der Waals surface area contributed by atoms with Gasteiger partial charge in [-0.2, -0.15) is 0 Å². The van der Waals surface area contributed by atoms with Crippen molar-refractivity contribution in [1.82, 2.24) is 5.32 Å². The van der Waals surface area contributed by atoms with Crippen LogP contribution in [0.15, 0.2) is 23.1 Å². The van der Waals surface area contributed by atoms with Crippen LogP contribution in [-0.2, 0) is 14.6 Å². The molecule has 1 atom stereocenters. The zero-order chi connectivity index (χ0) is 15.7. The minimum absolute atomic E-state index is 0.0215. The Balaban J connectivity index is 1.93. The van der Waals surface area contributed by atoms with Gasteiger partial charge in [0.15, 0.2) is 9.84 Å². The van der Waals surface area contributed by atoms with Crippen LogP contribution >= 0.6 is 11.8 Å². The Hall–Kier alpha value is -1.21. The number of nitrogens with two attached hydrogens (primary N) is 1. The summed E-state index contributed by atoms with van der Waals surface area (Å²) >= 11 is 1.41. The number of hydrogen-bond acceptors (Lipinski definition) is 5. The van der Waals surface area contributed by atoms with Crippen LogP contribution in [0.3, 0.4) is 0 Å². The molecule has 21 heavy (non-hydrogen) atoms. The summed E-state index contributed by atoms with van der Waals surface area (Å²) in [5.74, 6) is 0.264. The van der Waals surface area contributed by atoms with Crippen molar-refractivity contribution in [3.63, 3.8) is 0 Å². The van der Waals surface area contributed by atoms with Crippen LogP contribution in [0.2, 0.25) is 0 Å². The molecule has 1 saturated heterocycles. The van der Waals surface area contributed by atoms with E-state index in [0.29, 0.717) is 12.1 Å². The molecule has 5 nitrogen and oxygen atoms in total. The molecule has 0 aromatic heterocycles. The Morgan fingerprint density at radius 3 is 2.81 bits per heavy atom.